The van der Waals surface area contributed by atoms with Crippen molar-refractivity contribution in [1.82, 2.24) is 9.80 Å². The zero-order chi connectivity index (χ0) is 25.9. The molecule has 1 aliphatic rings. The van der Waals surface area contributed by atoms with Gasteiger partial charge in [-0.05, 0) is 63.5 Å². The fraction of sp³-hybridized carbons (Fsp3) is 0.500. The summed E-state index contributed by atoms with van der Waals surface area (Å²) in [5.41, 5.74) is 1.01. The standard InChI is InChI=1S/C21H36N2O.C9H8O2.2ClH/c1-6-13-23(14-7-2)17-20(4)16-22(5)18(3)15-21(20,24)19-11-9-8-10-12-19;10-9(11)7-6-8-4-2-1-3-5-8;;/h8-12,18,24H,6-7,13-17H2,1-5H3;1-7H,(H,10,11);2*1H/b;7-6+;;. The van der Waals surface area contributed by atoms with Crippen LogP contribution in [0, 0.1) is 5.41 Å². The lowest BCUT2D eigenvalue weighted by atomic mass is 9.63. The molecular formula is C30H46Cl2N2O3. The number of carboxylic acid groups (broad SMARTS) is 1. The maximum absolute atomic E-state index is 11.9. The summed E-state index contributed by atoms with van der Waals surface area (Å²) in [5.74, 6) is -0.922. The normalized spacial score (nSPS) is 23.5. The molecule has 0 aromatic heterocycles. The molecule has 0 bridgehead atoms. The maximum Gasteiger partial charge on any atom is 0.328 e. The van der Waals surface area contributed by atoms with Crippen LogP contribution in [0.4, 0.5) is 0 Å². The molecule has 2 N–H and O–H groups in total. The fourth-order valence-corrected chi connectivity index (χ4v) is 5.16. The van der Waals surface area contributed by atoms with E-state index in [9.17, 15) is 9.90 Å². The molecule has 0 aliphatic carbocycles. The van der Waals surface area contributed by atoms with Crippen LogP contribution < -0.4 is 0 Å². The van der Waals surface area contributed by atoms with Crippen molar-refractivity contribution in [2.24, 2.45) is 5.41 Å². The van der Waals surface area contributed by atoms with E-state index in [1.165, 1.54) is 0 Å². The number of nitrogens with zero attached hydrogens (tertiary/aromatic N) is 2. The summed E-state index contributed by atoms with van der Waals surface area (Å²) in [6.07, 6.45) is 5.78. The van der Waals surface area contributed by atoms with E-state index in [2.05, 4.69) is 56.7 Å². The van der Waals surface area contributed by atoms with E-state index < -0.39 is 11.6 Å². The number of hydrogen-bond acceptors (Lipinski definition) is 4. The van der Waals surface area contributed by atoms with Crippen LogP contribution in [0.2, 0.25) is 0 Å². The minimum Gasteiger partial charge on any atom is -0.478 e. The second-order valence-corrected chi connectivity index (χ2v) is 10.1. The number of carbonyl (C=O) groups is 1. The number of hydrogen-bond donors (Lipinski definition) is 2. The Labute approximate surface area is 236 Å². The molecular weight excluding hydrogens is 507 g/mol. The third-order valence-corrected chi connectivity index (χ3v) is 7.06. The van der Waals surface area contributed by atoms with Crippen LogP contribution in [0.3, 0.4) is 0 Å². The number of carboxylic acids is 1. The van der Waals surface area contributed by atoms with Gasteiger partial charge in [0.05, 0.1) is 5.60 Å². The SMILES string of the molecule is CCCN(CCC)CC1(C)CN(C)C(C)CC1(O)c1ccccc1.Cl.Cl.O=C(O)/C=C/c1ccccc1. The first kappa shape index (κ1) is 35.1. The van der Waals surface area contributed by atoms with E-state index >= 15 is 0 Å². The van der Waals surface area contributed by atoms with E-state index in [0.29, 0.717) is 6.04 Å². The second kappa shape index (κ2) is 16.8. The number of rotatable bonds is 9. The minimum atomic E-state index is -0.922. The molecule has 0 saturated carbocycles. The van der Waals surface area contributed by atoms with E-state index in [-0.39, 0.29) is 30.2 Å². The molecule has 5 nitrogen and oxygen atoms in total. The quantitative estimate of drug-likeness (QED) is 0.354. The van der Waals surface area contributed by atoms with Gasteiger partial charge in [-0.25, -0.2) is 4.79 Å². The highest BCUT2D eigenvalue weighted by atomic mass is 35.5. The van der Waals surface area contributed by atoms with Crippen molar-refractivity contribution in [2.75, 3.05) is 33.2 Å². The summed E-state index contributed by atoms with van der Waals surface area (Å²) in [4.78, 5) is 15.0. The largest absolute Gasteiger partial charge is 0.478 e. The first-order valence-corrected chi connectivity index (χ1v) is 12.8. The number of aliphatic hydroxyl groups is 1. The predicted molar refractivity (Wildman–Crippen MR) is 160 cm³/mol. The summed E-state index contributed by atoms with van der Waals surface area (Å²) in [6, 6.07) is 20.0. The van der Waals surface area contributed by atoms with E-state index in [4.69, 9.17) is 5.11 Å². The van der Waals surface area contributed by atoms with Gasteiger partial charge < -0.3 is 20.0 Å². The lowest BCUT2D eigenvalue weighted by molar-refractivity contribution is -0.154. The first-order chi connectivity index (χ1) is 16.6. The van der Waals surface area contributed by atoms with Crippen LogP contribution in [-0.4, -0.2) is 65.3 Å². The van der Waals surface area contributed by atoms with E-state index in [1.807, 2.05) is 48.5 Å². The van der Waals surface area contributed by atoms with Crippen molar-refractivity contribution < 1.29 is 15.0 Å². The predicted octanol–water partition coefficient (Wildman–Crippen LogP) is 6.35. The zero-order valence-corrected chi connectivity index (χ0v) is 24.6. The van der Waals surface area contributed by atoms with Crippen molar-refractivity contribution in [1.29, 1.82) is 0 Å². The number of piperidine rings is 1. The van der Waals surface area contributed by atoms with Crippen LogP contribution in [0.15, 0.2) is 66.7 Å². The third-order valence-electron chi connectivity index (χ3n) is 7.06. The Morgan fingerprint density at radius 3 is 2.03 bits per heavy atom. The van der Waals surface area contributed by atoms with Crippen molar-refractivity contribution in [2.45, 2.75) is 58.6 Å². The molecule has 0 radical (unpaired) electrons. The smallest absolute Gasteiger partial charge is 0.328 e. The lowest BCUT2D eigenvalue weighted by Gasteiger charge is -2.55. The molecule has 1 aliphatic heterocycles. The van der Waals surface area contributed by atoms with Crippen molar-refractivity contribution >= 4 is 36.9 Å². The van der Waals surface area contributed by atoms with Gasteiger partial charge in [-0.15, -0.1) is 24.8 Å². The van der Waals surface area contributed by atoms with Gasteiger partial charge in [-0.2, -0.15) is 0 Å². The highest BCUT2D eigenvalue weighted by Gasteiger charge is 2.53. The third kappa shape index (κ3) is 10.1. The molecule has 1 saturated heterocycles. The number of aliphatic carboxylic acids is 1. The molecule has 37 heavy (non-hydrogen) atoms. The van der Waals surface area contributed by atoms with Gasteiger partial charge in [0.25, 0.3) is 0 Å². The van der Waals surface area contributed by atoms with Crippen molar-refractivity contribution in [3.05, 3.63) is 77.9 Å². The van der Waals surface area contributed by atoms with Crippen LogP contribution in [-0.2, 0) is 10.4 Å². The Hall–Kier alpha value is -1.89. The van der Waals surface area contributed by atoms with Gasteiger partial charge in [-0.3, -0.25) is 0 Å². The Bertz CT molecular complexity index is 923. The maximum atomic E-state index is 11.9. The molecule has 208 valence electrons. The van der Waals surface area contributed by atoms with Crippen molar-refractivity contribution in [3.63, 3.8) is 0 Å². The highest BCUT2D eigenvalue weighted by Crippen LogP contribution is 2.48. The molecule has 0 amide bonds. The fourth-order valence-electron chi connectivity index (χ4n) is 5.16. The van der Waals surface area contributed by atoms with E-state index in [1.54, 1.807) is 6.08 Å². The molecule has 1 heterocycles. The van der Waals surface area contributed by atoms with Gasteiger partial charge >= 0.3 is 5.97 Å². The Morgan fingerprint density at radius 2 is 1.54 bits per heavy atom. The Balaban J connectivity index is 0.000000845. The second-order valence-electron chi connectivity index (χ2n) is 10.1. The molecule has 3 atom stereocenters. The van der Waals surface area contributed by atoms with Crippen LogP contribution in [0.1, 0.15) is 58.1 Å². The van der Waals surface area contributed by atoms with Crippen LogP contribution >= 0.6 is 24.8 Å². The zero-order valence-electron chi connectivity index (χ0n) is 23.0. The number of likely N-dealkylation sites (tertiary alicyclic amines) is 1. The van der Waals surface area contributed by atoms with Crippen LogP contribution in [0.25, 0.3) is 6.08 Å². The van der Waals surface area contributed by atoms with Crippen LogP contribution in [0.5, 0.6) is 0 Å². The van der Waals surface area contributed by atoms with Gasteiger partial charge in [0.2, 0.25) is 0 Å². The molecule has 2 aromatic rings. The lowest BCUT2D eigenvalue weighted by Crippen LogP contribution is -2.62. The number of benzene rings is 2. The summed E-state index contributed by atoms with van der Waals surface area (Å²) >= 11 is 0. The molecule has 3 rings (SSSR count). The van der Waals surface area contributed by atoms with Gasteiger partial charge in [0.1, 0.15) is 0 Å². The highest BCUT2D eigenvalue weighted by molar-refractivity contribution is 5.86. The summed E-state index contributed by atoms with van der Waals surface area (Å²) in [6.45, 7) is 13.1. The minimum absolute atomic E-state index is 0. The first-order valence-electron chi connectivity index (χ1n) is 12.8. The molecule has 2 aromatic carbocycles. The average molecular weight is 554 g/mol. The van der Waals surface area contributed by atoms with E-state index in [0.717, 1.165) is 62.6 Å². The topological polar surface area (TPSA) is 64.0 Å². The molecule has 1 fully saturated rings. The molecule has 3 unspecified atom stereocenters. The van der Waals surface area contributed by atoms with Gasteiger partial charge in [0, 0.05) is 30.6 Å². The summed E-state index contributed by atoms with van der Waals surface area (Å²) in [7, 11) is 2.19. The average Bonchev–Trinajstić information content (AvgIpc) is 2.83. The molecule has 0 spiro atoms. The van der Waals surface area contributed by atoms with Gasteiger partial charge in [0.15, 0.2) is 0 Å². The Morgan fingerprint density at radius 1 is 1.03 bits per heavy atom. The number of halogens is 2. The van der Waals surface area contributed by atoms with Gasteiger partial charge in [-0.1, -0.05) is 81.4 Å². The monoisotopic (exact) mass is 552 g/mol. The Kier molecular flexibility index (Phi) is 16.0. The molecule has 7 heteroatoms. The van der Waals surface area contributed by atoms with Crippen molar-refractivity contribution in [3.8, 4) is 0 Å². The summed E-state index contributed by atoms with van der Waals surface area (Å²) in [5, 5.41) is 20.2. The summed E-state index contributed by atoms with van der Waals surface area (Å²) < 4.78 is 0.